The number of fused-ring (bicyclic) bond motifs is 1. The number of hydrogen-bond donors (Lipinski definition) is 0. The van der Waals surface area contributed by atoms with Crippen molar-refractivity contribution in [3.05, 3.63) is 53.5 Å². The van der Waals surface area contributed by atoms with Crippen LogP contribution in [0.3, 0.4) is 0 Å². The first-order valence-corrected chi connectivity index (χ1v) is 7.53. The third-order valence-electron chi connectivity index (χ3n) is 4.44. The number of allylic oxidation sites excluding steroid dienone is 1. The van der Waals surface area contributed by atoms with Gasteiger partial charge in [0.1, 0.15) is 17.9 Å². The maximum Gasteiger partial charge on any atom is 0.198 e. The SMILES string of the molecule is N#CC1=C(N2CCC(c3ncco3)C2)c2ccncc2CC1=O. The normalized spacial score (nSPS) is 20.6. The van der Waals surface area contributed by atoms with Crippen molar-refractivity contribution in [3.8, 4) is 6.07 Å². The quantitative estimate of drug-likeness (QED) is 0.843. The second-order valence-corrected chi connectivity index (χ2v) is 5.77. The lowest BCUT2D eigenvalue weighted by molar-refractivity contribution is -0.114. The van der Waals surface area contributed by atoms with Crippen LogP contribution in [0.25, 0.3) is 5.70 Å². The summed E-state index contributed by atoms with van der Waals surface area (Å²) in [5, 5.41) is 9.47. The monoisotopic (exact) mass is 306 g/mol. The molecule has 6 heteroatoms. The molecule has 4 rings (SSSR count). The zero-order valence-electron chi connectivity index (χ0n) is 12.4. The molecule has 1 atom stereocenters. The van der Waals surface area contributed by atoms with E-state index in [0.717, 1.165) is 29.8 Å². The number of aromatic nitrogens is 2. The summed E-state index contributed by atoms with van der Waals surface area (Å²) < 4.78 is 5.40. The number of carbonyl (C=O) groups is 1. The molecule has 3 heterocycles. The van der Waals surface area contributed by atoms with Crippen LogP contribution in [0.5, 0.6) is 0 Å². The Hall–Kier alpha value is -2.94. The van der Waals surface area contributed by atoms with Crippen LogP contribution in [0.2, 0.25) is 0 Å². The van der Waals surface area contributed by atoms with Crippen LogP contribution in [-0.2, 0) is 11.2 Å². The van der Waals surface area contributed by atoms with Crippen molar-refractivity contribution in [2.24, 2.45) is 0 Å². The van der Waals surface area contributed by atoms with Gasteiger partial charge in [-0.1, -0.05) is 0 Å². The zero-order valence-corrected chi connectivity index (χ0v) is 12.4. The maximum absolute atomic E-state index is 12.3. The summed E-state index contributed by atoms with van der Waals surface area (Å²) in [5.74, 6) is 0.756. The van der Waals surface area contributed by atoms with E-state index in [1.165, 1.54) is 0 Å². The summed E-state index contributed by atoms with van der Waals surface area (Å²) in [6.45, 7) is 1.46. The number of nitriles is 1. The highest BCUT2D eigenvalue weighted by Crippen LogP contribution is 2.37. The van der Waals surface area contributed by atoms with Crippen molar-refractivity contribution >= 4 is 11.5 Å². The molecule has 1 saturated heterocycles. The Morgan fingerprint density at radius 1 is 1.39 bits per heavy atom. The molecule has 0 bridgehead atoms. The fourth-order valence-corrected chi connectivity index (χ4v) is 3.37. The van der Waals surface area contributed by atoms with Crippen LogP contribution in [0.1, 0.15) is 29.4 Å². The van der Waals surface area contributed by atoms with Gasteiger partial charge < -0.3 is 9.32 Å². The first kappa shape index (κ1) is 13.7. The molecule has 1 unspecified atom stereocenters. The number of carbonyl (C=O) groups excluding carboxylic acids is 1. The van der Waals surface area contributed by atoms with Gasteiger partial charge in [0.2, 0.25) is 0 Å². The molecule has 2 aromatic heterocycles. The van der Waals surface area contributed by atoms with E-state index in [9.17, 15) is 10.1 Å². The van der Waals surface area contributed by atoms with E-state index in [2.05, 4.69) is 20.9 Å². The van der Waals surface area contributed by atoms with Crippen molar-refractivity contribution in [2.45, 2.75) is 18.8 Å². The lowest BCUT2D eigenvalue weighted by atomic mass is 9.89. The molecule has 2 aliphatic rings. The average Bonchev–Trinajstić information content (AvgIpc) is 3.24. The van der Waals surface area contributed by atoms with Crippen LogP contribution in [-0.4, -0.2) is 33.7 Å². The number of Topliss-reactive ketones (excluding diaryl/α,β-unsaturated/α-hetero) is 1. The van der Waals surface area contributed by atoms with Gasteiger partial charge in [0.15, 0.2) is 11.7 Å². The summed E-state index contributed by atoms with van der Waals surface area (Å²) in [4.78, 5) is 22.7. The van der Waals surface area contributed by atoms with Crippen LogP contribution in [0.15, 0.2) is 40.9 Å². The van der Waals surface area contributed by atoms with E-state index in [1.54, 1.807) is 24.9 Å². The topological polar surface area (TPSA) is 83.0 Å². The Balaban J connectivity index is 1.74. The van der Waals surface area contributed by atoms with Crippen molar-refractivity contribution in [1.29, 1.82) is 5.26 Å². The highest BCUT2D eigenvalue weighted by Gasteiger charge is 2.34. The van der Waals surface area contributed by atoms with Gasteiger partial charge in [-0.05, 0) is 18.1 Å². The van der Waals surface area contributed by atoms with Crippen molar-refractivity contribution in [1.82, 2.24) is 14.9 Å². The van der Waals surface area contributed by atoms with Crippen LogP contribution >= 0.6 is 0 Å². The van der Waals surface area contributed by atoms with Gasteiger partial charge in [0.25, 0.3) is 0 Å². The third kappa shape index (κ3) is 2.21. The molecule has 0 saturated carbocycles. The van der Waals surface area contributed by atoms with Crippen molar-refractivity contribution in [2.75, 3.05) is 13.1 Å². The molecule has 0 amide bonds. The predicted octanol–water partition coefficient (Wildman–Crippen LogP) is 1.92. The molecular formula is C17H14N4O2. The predicted molar refractivity (Wildman–Crippen MR) is 80.9 cm³/mol. The standard InChI is InChI=1S/C17H14N4O2/c18-8-14-15(22)7-12-9-19-3-1-13(12)16(14)21-5-2-11(10-21)17-20-4-6-23-17/h1,3-4,6,9,11H,2,5,7,10H2. The molecule has 114 valence electrons. The number of ketones is 1. The second-order valence-electron chi connectivity index (χ2n) is 5.77. The van der Waals surface area contributed by atoms with Crippen molar-refractivity contribution < 1.29 is 9.21 Å². The van der Waals surface area contributed by atoms with Gasteiger partial charge in [0, 0.05) is 37.5 Å². The second kappa shape index (κ2) is 5.36. The summed E-state index contributed by atoms with van der Waals surface area (Å²) in [5.41, 5.74) is 2.79. The fourth-order valence-electron chi connectivity index (χ4n) is 3.37. The van der Waals surface area contributed by atoms with E-state index in [4.69, 9.17) is 4.42 Å². The molecule has 2 aromatic rings. The number of rotatable bonds is 2. The summed E-state index contributed by atoms with van der Waals surface area (Å²) in [6.07, 6.45) is 7.75. The van der Waals surface area contributed by atoms with E-state index >= 15 is 0 Å². The van der Waals surface area contributed by atoms with Crippen LogP contribution in [0.4, 0.5) is 0 Å². The first-order valence-electron chi connectivity index (χ1n) is 7.53. The largest absolute Gasteiger partial charge is 0.449 e. The average molecular weight is 306 g/mol. The highest BCUT2D eigenvalue weighted by atomic mass is 16.3. The summed E-state index contributed by atoms with van der Waals surface area (Å²) in [7, 11) is 0. The molecule has 0 spiro atoms. The number of oxazole rings is 1. The molecule has 0 aromatic carbocycles. The number of hydrogen-bond acceptors (Lipinski definition) is 6. The first-order chi connectivity index (χ1) is 11.3. The maximum atomic E-state index is 12.3. The molecule has 1 fully saturated rings. The van der Waals surface area contributed by atoms with Crippen LogP contribution < -0.4 is 0 Å². The lowest BCUT2D eigenvalue weighted by Crippen LogP contribution is -2.27. The molecule has 6 nitrogen and oxygen atoms in total. The van der Waals surface area contributed by atoms with Gasteiger partial charge in [-0.2, -0.15) is 5.26 Å². The van der Waals surface area contributed by atoms with E-state index in [1.807, 2.05) is 6.07 Å². The van der Waals surface area contributed by atoms with Crippen LogP contribution in [0, 0.1) is 11.3 Å². The zero-order chi connectivity index (χ0) is 15.8. The Morgan fingerprint density at radius 3 is 3.09 bits per heavy atom. The molecule has 1 aliphatic heterocycles. The minimum Gasteiger partial charge on any atom is -0.449 e. The smallest absolute Gasteiger partial charge is 0.198 e. The molecular weight excluding hydrogens is 292 g/mol. The summed E-state index contributed by atoms with van der Waals surface area (Å²) in [6, 6.07) is 3.98. The minimum atomic E-state index is -0.137. The summed E-state index contributed by atoms with van der Waals surface area (Å²) >= 11 is 0. The Morgan fingerprint density at radius 2 is 2.30 bits per heavy atom. The number of likely N-dealkylation sites (tertiary alicyclic amines) is 1. The molecule has 0 radical (unpaired) electrons. The minimum absolute atomic E-state index is 0.137. The fraction of sp³-hybridized carbons (Fsp3) is 0.294. The van der Waals surface area contributed by atoms with E-state index in [-0.39, 0.29) is 23.7 Å². The van der Waals surface area contributed by atoms with Gasteiger partial charge in [-0.15, -0.1) is 0 Å². The van der Waals surface area contributed by atoms with E-state index < -0.39 is 0 Å². The van der Waals surface area contributed by atoms with E-state index in [0.29, 0.717) is 12.4 Å². The molecule has 1 aliphatic carbocycles. The molecule has 23 heavy (non-hydrogen) atoms. The lowest BCUT2D eigenvalue weighted by Gasteiger charge is -2.27. The highest BCUT2D eigenvalue weighted by molar-refractivity contribution is 6.09. The Kier molecular flexibility index (Phi) is 3.19. The Labute approximate surface area is 133 Å². The Bertz CT molecular complexity index is 833. The van der Waals surface area contributed by atoms with Gasteiger partial charge >= 0.3 is 0 Å². The van der Waals surface area contributed by atoms with Crippen molar-refractivity contribution in [3.63, 3.8) is 0 Å². The molecule has 0 N–H and O–H groups in total. The number of pyridine rings is 1. The third-order valence-corrected chi connectivity index (χ3v) is 4.44. The van der Waals surface area contributed by atoms with Gasteiger partial charge in [-0.25, -0.2) is 4.98 Å². The van der Waals surface area contributed by atoms with Gasteiger partial charge in [-0.3, -0.25) is 9.78 Å². The number of nitrogens with zero attached hydrogens (tertiary/aromatic N) is 4. The van der Waals surface area contributed by atoms with Gasteiger partial charge in [0.05, 0.1) is 17.8 Å².